The van der Waals surface area contributed by atoms with Gasteiger partial charge in [-0.05, 0) is 11.5 Å². The lowest BCUT2D eigenvalue weighted by atomic mass is 10.4. The van der Waals surface area contributed by atoms with Crippen LogP contribution in [0.5, 0.6) is 0 Å². The van der Waals surface area contributed by atoms with Crippen molar-refractivity contribution in [2.24, 2.45) is 5.11 Å². The summed E-state index contributed by atoms with van der Waals surface area (Å²) in [5.41, 5.74) is 8.89. The van der Waals surface area contributed by atoms with Gasteiger partial charge in [-0.25, -0.2) is 4.98 Å². The van der Waals surface area contributed by atoms with E-state index in [0.29, 0.717) is 13.0 Å². The zero-order chi connectivity index (χ0) is 12.6. The molecule has 1 fully saturated rings. The van der Waals surface area contributed by atoms with Crippen molar-refractivity contribution in [1.82, 2.24) is 4.98 Å². The van der Waals surface area contributed by atoms with E-state index in [1.165, 1.54) is 0 Å². The monoisotopic (exact) mass is 263 g/mol. The van der Waals surface area contributed by atoms with Crippen LogP contribution in [0.15, 0.2) is 10.5 Å². The van der Waals surface area contributed by atoms with Crippen molar-refractivity contribution in [3.8, 4) is 11.8 Å². The van der Waals surface area contributed by atoms with Crippen LogP contribution < -0.4 is 4.90 Å². The van der Waals surface area contributed by atoms with Gasteiger partial charge in [-0.3, -0.25) is 0 Å². The molecule has 2 heterocycles. The number of rotatable bonds is 3. The highest BCUT2D eigenvalue weighted by atomic mass is 32.1. The Balaban J connectivity index is 1.90. The van der Waals surface area contributed by atoms with E-state index < -0.39 is 0 Å². The number of thiazole rings is 1. The summed E-state index contributed by atoms with van der Waals surface area (Å²) < 4.78 is 5.30. The van der Waals surface area contributed by atoms with Crippen LogP contribution in [0.1, 0.15) is 12.1 Å². The van der Waals surface area contributed by atoms with Crippen molar-refractivity contribution in [1.29, 1.82) is 0 Å². The van der Waals surface area contributed by atoms with Gasteiger partial charge < -0.3 is 9.64 Å². The van der Waals surface area contributed by atoms with Crippen LogP contribution in [0.4, 0.5) is 5.13 Å². The van der Waals surface area contributed by atoms with Crippen LogP contribution in [0.25, 0.3) is 10.4 Å². The summed E-state index contributed by atoms with van der Waals surface area (Å²) >= 11 is 1.60. The van der Waals surface area contributed by atoms with E-state index in [0.717, 1.165) is 37.1 Å². The second-order valence-electron chi connectivity index (χ2n) is 3.62. The van der Waals surface area contributed by atoms with Crippen molar-refractivity contribution in [2.45, 2.75) is 6.42 Å². The van der Waals surface area contributed by atoms with Crippen LogP contribution >= 0.6 is 11.3 Å². The number of anilines is 1. The molecule has 1 aromatic heterocycles. The lowest BCUT2D eigenvalue weighted by Gasteiger charge is -2.25. The van der Waals surface area contributed by atoms with Gasteiger partial charge in [0.15, 0.2) is 5.13 Å². The molecule has 18 heavy (non-hydrogen) atoms. The molecule has 7 heteroatoms. The normalized spacial score (nSPS) is 14.6. The summed E-state index contributed by atoms with van der Waals surface area (Å²) in [6.45, 7) is 3.69. The predicted molar refractivity (Wildman–Crippen MR) is 70.7 cm³/mol. The highest BCUT2D eigenvalue weighted by Crippen LogP contribution is 2.20. The summed E-state index contributed by atoms with van der Waals surface area (Å²) in [4.78, 5) is 9.34. The molecular weight excluding hydrogens is 250 g/mol. The fourth-order valence-corrected chi connectivity index (χ4v) is 2.34. The van der Waals surface area contributed by atoms with Crippen LogP contribution in [-0.2, 0) is 4.74 Å². The van der Waals surface area contributed by atoms with E-state index in [-0.39, 0.29) is 0 Å². The Morgan fingerprint density at radius 1 is 1.56 bits per heavy atom. The van der Waals surface area contributed by atoms with Gasteiger partial charge >= 0.3 is 0 Å². The molecule has 0 aliphatic carbocycles. The zero-order valence-corrected chi connectivity index (χ0v) is 10.7. The van der Waals surface area contributed by atoms with Gasteiger partial charge in [-0.15, -0.1) is 11.3 Å². The van der Waals surface area contributed by atoms with Gasteiger partial charge in [0, 0.05) is 36.3 Å². The quantitative estimate of drug-likeness (QED) is 0.275. The van der Waals surface area contributed by atoms with Crippen LogP contribution in [0.3, 0.4) is 0 Å². The smallest absolute Gasteiger partial charge is 0.186 e. The standard InChI is InChI=1S/C11H13N5OS/c12-15-13-4-2-1-3-10-9-18-11(14-10)16-5-7-17-8-6-16/h9H,2,4-8H2. The average molecular weight is 263 g/mol. The van der Waals surface area contributed by atoms with Gasteiger partial charge in [0.25, 0.3) is 0 Å². The van der Waals surface area contributed by atoms with Crippen molar-refractivity contribution in [2.75, 3.05) is 37.7 Å². The molecule has 0 radical (unpaired) electrons. The van der Waals surface area contributed by atoms with E-state index in [4.69, 9.17) is 10.3 Å². The molecule has 0 saturated carbocycles. The molecule has 0 aromatic carbocycles. The molecule has 94 valence electrons. The minimum atomic E-state index is 0.407. The molecule has 0 bridgehead atoms. The van der Waals surface area contributed by atoms with Crippen molar-refractivity contribution in [3.63, 3.8) is 0 Å². The number of hydrogen-bond acceptors (Lipinski definition) is 5. The maximum Gasteiger partial charge on any atom is 0.186 e. The predicted octanol–water partition coefficient (Wildman–Crippen LogP) is 2.03. The third-order valence-corrected chi connectivity index (χ3v) is 3.29. The summed E-state index contributed by atoms with van der Waals surface area (Å²) in [5.74, 6) is 5.91. The molecular formula is C11H13N5OS. The SMILES string of the molecule is [N-]=[N+]=NCCC#Cc1csc(N2CCOCC2)n1. The first-order chi connectivity index (χ1) is 8.90. The van der Waals surface area contributed by atoms with Crippen molar-refractivity contribution >= 4 is 16.5 Å². The average Bonchev–Trinajstić information content (AvgIpc) is 2.88. The second-order valence-corrected chi connectivity index (χ2v) is 4.46. The Kier molecular flexibility index (Phi) is 4.85. The van der Waals surface area contributed by atoms with E-state index in [1.807, 2.05) is 5.38 Å². The minimum absolute atomic E-state index is 0.407. The highest BCUT2D eigenvalue weighted by Gasteiger charge is 2.13. The molecule has 1 aliphatic heterocycles. The highest BCUT2D eigenvalue weighted by molar-refractivity contribution is 7.13. The Labute approximate surface area is 109 Å². The number of nitrogens with zero attached hydrogens (tertiary/aromatic N) is 5. The van der Waals surface area contributed by atoms with Crippen LogP contribution in [0, 0.1) is 11.8 Å². The van der Waals surface area contributed by atoms with Crippen LogP contribution in [-0.4, -0.2) is 37.8 Å². The fraction of sp³-hybridized carbons (Fsp3) is 0.545. The molecule has 0 N–H and O–H groups in total. The lowest BCUT2D eigenvalue weighted by Crippen LogP contribution is -2.36. The van der Waals surface area contributed by atoms with E-state index in [9.17, 15) is 0 Å². The maximum absolute atomic E-state index is 8.11. The lowest BCUT2D eigenvalue weighted by molar-refractivity contribution is 0.122. The van der Waals surface area contributed by atoms with Crippen LogP contribution in [0.2, 0.25) is 0 Å². The molecule has 0 atom stereocenters. The first-order valence-corrected chi connectivity index (χ1v) is 6.56. The number of azide groups is 1. The number of hydrogen-bond donors (Lipinski definition) is 0. The number of aromatic nitrogens is 1. The Bertz CT molecular complexity index is 491. The summed E-state index contributed by atoms with van der Waals surface area (Å²) in [7, 11) is 0. The molecule has 0 unspecified atom stereocenters. The van der Waals surface area contributed by atoms with E-state index >= 15 is 0 Å². The summed E-state index contributed by atoms with van der Waals surface area (Å²) in [6.07, 6.45) is 0.564. The van der Waals surface area contributed by atoms with Crippen molar-refractivity contribution in [3.05, 3.63) is 21.5 Å². The maximum atomic E-state index is 8.11. The van der Waals surface area contributed by atoms with Gasteiger partial charge in [0.1, 0.15) is 5.69 Å². The first kappa shape index (κ1) is 12.7. The fourth-order valence-electron chi connectivity index (χ4n) is 1.53. The first-order valence-electron chi connectivity index (χ1n) is 5.68. The molecule has 2 rings (SSSR count). The van der Waals surface area contributed by atoms with Gasteiger partial charge in [0.2, 0.25) is 0 Å². The molecule has 1 saturated heterocycles. The largest absolute Gasteiger partial charge is 0.378 e. The van der Waals surface area contributed by atoms with Crippen molar-refractivity contribution < 1.29 is 4.74 Å². The molecule has 1 aliphatic rings. The minimum Gasteiger partial charge on any atom is -0.378 e. The van der Waals surface area contributed by atoms with Gasteiger partial charge in [-0.2, -0.15) is 0 Å². The number of morpholine rings is 1. The zero-order valence-electron chi connectivity index (χ0n) is 9.87. The number of ether oxygens (including phenoxy) is 1. The third-order valence-electron chi connectivity index (χ3n) is 2.39. The topological polar surface area (TPSA) is 74.1 Å². The van der Waals surface area contributed by atoms with Gasteiger partial charge in [-0.1, -0.05) is 11.0 Å². The Morgan fingerprint density at radius 2 is 2.39 bits per heavy atom. The Morgan fingerprint density at radius 3 is 3.17 bits per heavy atom. The molecule has 0 amide bonds. The third kappa shape index (κ3) is 3.64. The van der Waals surface area contributed by atoms with Gasteiger partial charge in [0.05, 0.1) is 13.2 Å². The van der Waals surface area contributed by atoms with E-state index in [1.54, 1.807) is 11.3 Å². The van der Waals surface area contributed by atoms with E-state index in [2.05, 4.69) is 31.8 Å². The summed E-state index contributed by atoms with van der Waals surface area (Å²) in [6, 6.07) is 0. The Hall–Kier alpha value is -1.74. The molecule has 0 spiro atoms. The summed E-state index contributed by atoms with van der Waals surface area (Å²) in [5, 5.41) is 6.37. The molecule has 1 aromatic rings. The second kappa shape index (κ2) is 6.87. The molecule has 6 nitrogen and oxygen atoms in total.